The third-order valence-electron chi connectivity index (χ3n) is 1.66. The number of aromatic nitrogens is 2. The predicted molar refractivity (Wildman–Crippen MR) is 55.5 cm³/mol. The standard InChI is InChI=1S/2C5H5NO2.Zn/c2*7-5(8)4-2-1-3-6-4;/h2*1-3,6H,(H,7,8);. The average Bonchev–Trinajstić information content (AvgIpc) is 2.93. The van der Waals surface area contributed by atoms with E-state index < -0.39 is 11.9 Å². The molecule has 0 saturated heterocycles. The van der Waals surface area contributed by atoms with Crippen molar-refractivity contribution < 1.29 is 39.3 Å². The summed E-state index contributed by atoms with van der Waals surface area (Å²) in [6.07, 6.45) is 3.15. The van der Waals surface area contributed by atoms with E-state index in [1.165, 1.54) is 12.1 Å². The number of H-pyrrole nitrogens is 2. The first-order valence-electron chi connectivity index (χ1n) is 4.34. The number of carboxylic acid groups (broad SMARTS) is 2. The number of carbonyl (C=O) groups is 2. The van der Waals surface area contributed by atoms with Crippen LogP contribution in [0.15, 0.2) is 36.7 Å². The molecule has 0 bridgehead atoms. The van der Waals surface area contributed by atoms with E-state index in [4.69, 9.17) is 10.2 Å². The molecule has 2 rings (SSSR count). The molecule has 0 atom stereocenters. The molecule has 0 aliphatic rings. The summed E-state index contributed by atoms with van der Waals surface area (Å²) < 4.78 is 0. The predicted octanol–water partition coefficient (Wildman–Crippen LogP) is 1.42. The first-order valence-corrected chi connectivity index (χ1v) is 4.34. The molecule has 0 spiro atoms. The molecule has 0 saturated carbocycles. The van der Waals surface area contributed by atoms with Crippen molar-refractivity contribution in [1.29, 1.82) is 0 Å². The van der Waals surface area contributed by atoms with Crippen LogP contribution >= 0.6 is 0 Å². The van der Waals surface area contributed by atoms with E-state index in [2.05, 4.69) is 9.97 Å². The summed E-state index contributed by atoms with van der Waals surface area (Å²) in [6.45, 7) is 0. The molecule has 86 valence electrons. The van der Waals surface area contributed by atoms with Crippen LogP contribution in [0.25, 0.3) is 0 Å². The van der Waals surface area contributed by atoms with Crippen LogP contribution in [0, 0.1) is 0 Å². The van der Waals surface area contributed by atoms with Gasteiger partial charge in [0.15, 0.2) is 0 Å². The quantitative estimate of drug-likeness (QED) is 0.627. The fraction of sp³-hybridized carbons (Fsp3) is 0. The van der Waals surface area contributed by atoms with E-state index in [0.717, 1.165) is 0 Å². The molecule has 2 aromatic heterocycles. The number of hydrogen-bond acceptors (Lipinski definition) is 2. The summed E-state index contributed by atoms with van der Waals surface area (Å²) in [7, 11) is 0. The summed E-state index contributed by atoms with van der Waals surface area (Å²) >= 11 is 0. The molecule has 7 heteroatoms. The van der Waals surface area contributed by atoms with Crippen LogP contribution in [0.5, 0.6) is 0 Å². The van der Waals surface area contributed by atoms with E-state index >= 15 is 0 Å². The second kappa shape index (κ2) is 7.41. The summed E-state index contributed by atoms with van der Waals surface area (Å²) in [5.74, 6) is -1.84. The smallest absolute Gasteiger partial charge is 0.352 e. The van der Waals surface area contributed by atoms with Crippen molar-refractivity contribution in [2.45, 2.75) is 0 Å². The summed E-state index contributed by atoms with van der Waals surface area (Å²) in [5.41, 5.74) is 0.454. The molecule has 2 heterocycles. The maximum Gasteiger partial charge on any atom is 0.352 e. The Balaban J connectivity index is 0.000000284. The number of hydrogen-bond donors (Lipinski definition) is 4. The van der Waals surface area contributed by atoms with Crippen LogP contribution in [-0.4, -0.2) is 32.1 Å². The molecule has 0 aliphatic carbocycles. The first-order chi connectivity index (χ1) is 7.61. The fourth-order valence-electron chi connectivity index (χ4n) is 0.927. The summed E-state index contributed by atoms with van der Waals surface area (Å²) in [5, 5.41) is 16.5. The van der Waals surface area contributed by atoms with Crippen molar-refractivity contribution in [2.24, 2.45) is 0 Å². The van der Waals surface area contributed by atoms with Crippen LogP contribution in [0.2, 0.25) is 0 Å². The van der Waals surface area contributed by atoms with Gasteiger partial charge in [0.05, 0.1) is 0 Å². The van der Waals surface area contributed by atoms with Crippen LogP contribution in [0.1, 0.15) is 21.0 Å². The maximum atomic E-state index is 10.0. The van der Waals surface area contributed by atoms with Gasteiger partial charge in [-0.1, -0.05) is 0 Å². The molecule has 0 aromatic carbocycles. The largest absolute Gasteiger partial charge is 0.477 e. The van der Waals surface area contributed by atoms with Gasteiger partial charge in [-0.3, -0.25) is 0 Å². The van der Waals surface area contributed by atoms with Gasteiger partial charge in [-0.25, -0.2) is 9.59 Å². The van der Waals surface area contributed by atoms with Crippen molar-refractivity contribution in [3.8, 4) is 0 Å². The average molecular weight is 288 g/mol. The van der Waals surface area contributed by atoms with Gasteiger partial charge < -0.3 is 20.2 Å². The molecule has 6 nitrogen and oxygen atoms in total. The molecule has 0 fully saturated rings. The Morgan fingerprint density at radius 2 is 1.24 bits per heavy atom. The van der Waals surface area contributed by atoms with E-state index in [0.29, 0.717) is 0 Å². The maximum absolute atomic E-state index is 10.0. The normalized spacial score (nSPS) is 8.47. The third kappa shape index (κ3) is 5.13. The molecule has 0 unspecified atom stereocenters. The van der Waals surface area contributed by atoms with Gasteiger partial charge in [-0.05, 0) is 24.3 Å². The number of carboxylic acids is 2. The van der Waals surface area contributed by atoms with Crippen molar-refractivity contribution in [3.63, 3.8) is 0 Å². The van der Waals surface area contributed by atoms with Crippen molar-refractivity contribution in [3.05, 3.63) is 48.0 Å². The molecule has 17 heavy (non-hydrogen) atoms. The van der Waals surface area contributed by atoms with Crippen molar-refractivity contribution in [1.82, 2.24) is 9.97 Å². The minimum Gasteiger partial charge on any atom is -0.477 e. The molecule has 0 radical (unpaired) electrons. The van der Waals surface area contributed by atoms with Crippen LogP contribution < -0.4 is 0 Å². The molecular formula is C10H10N2O4Zn. The van der Waals surface area contributed by atoms with Gasteiger partial charge in [0.1, 0.15) is 11.4 Å². The SMILES string of the molecule is O=C(O)c1ccc[nH]1.O=C(O)c1ccc[nH]1.[Zn]. The van der Waals surface area contributed by atoms with Gasteiger partial charge >= 0.3 is 11.9 Å². The Morgan fingerprint density at radius 3 is 1.35 bits per heavy atom. The Morgan fingerprint density at radius 1 is 0.882 bits per heavy atom. The van der Waals surface area contributed by atoms with E-state index in [1.54, 1.807) is 24.5 Å². The zero-order chi connectivity index (χ0) is 12.0. The Labute approximate surface area is 109 Å². The van der Waals surface area contributed by atoms with Gasteiger partial charge in [-0.15, -0.1) is 0 Å². The molecule has 2 aromatic rings. The first kappa shape index (κ1) is 15.1. The van der Waals surface area contributed by atoms with Crippen LogP contribution in [0.3, 0.4) is 0 Å². The van der Waals surface area contributed by atoms with Gasteiger partial charge in [-0.2, -0.15) is 0 Å². The van der Waals surface area contributed by atoms with Gasteiger partial charge in [0, 0.05) is 31.9 Å². The zero-order valence-electron chi connectivity index (χ0n) is 8.88. The monoisotopic (exact) mass is 286 g/mol. The minimum absolute atomic E-state index is 0. The topological polar surface area (TPSA) is 106 Å². The van der Waals surface area contributed by atoms with Gasteiger partial charge in [0.25, 0.3) is 0 Å². The Hall–Kier alpha value is -1.88. The van der Waals surface area contributed by atoms with E-state index in [-0.39, 0.29) is 30.9 Å². The number of aromatic amines is 2. The van der Waals surface area contributed by atoms with Crippen LogP contribution in [-0.2, 0) is 19.5 Å². The molecular weight excluding hydrogens is 278 g/mol. The second-order valence-electron chi connectivity index (χ2n) is 2.78. The Kier molecular flexibility index (Phi) is 6.59. The van der Waals surface area contributed by atoms with E-state index in [1.807, 2.05) is 0 Å². The molecule has 4 N–H and O–H groups in total. The molecule has 0 aliphatic heterocycles. The van der Waals surface area contributed by atoms with E-state index in [9.17, 15) is 9.59 Å². The van der Waals surface area contributed by atoms with Crippen LogP contribution in [0.4, 0.5) is 0 Å². The third-order valence-corrected chi connectivity index (χ3v) is 1.66. The number of nitrogens with one attached hydrogen (secondary N) is 2. The van der Waals surface area contributed by atoms with Crippen molar-refractivity contribution >= 4 is 11.9 Å². The number of aromatic carboxylic acids is 2. The Bertz CT molecular complexity index is 406. The van der Waals surface area contributed by atoms with Crippen molar-refractivity contribution in [2.75, 3.05) is 0 Å². The fourth-order valence-corrected chi connectivity index (χ4v) is 0.927. The minimum atomic E-state index is -0.921. The summed E-state index contributed by atoms with van der Waals surface area (Å²) in [4.78, 5) is 25.1. The second-order valence-corrected chi connectivity index (χ2v) is 2.78. The zero-order valence-corrected chi connectivity index (χ0v) is 11.8. The van der Waals surface area contributed by atoms with Gasteiger partial charge in [0.2, 0.25) is 0 Å². The molecule has 0 amide bonds. The number of rotatable bonds is 2. The summed E-state index contributed by atoms with van der Waals surface area (Å²) in [6, 6.07) is 6.29.